The number of nitriles is 1. The van der Waals surface area contributed by atoms with E-state index in [2.05, 4.69) is 16.4 Å². The lowest BCUT2D eigenvalue weighted by Gasteiger charge is -2.09. The molecule has 0 bridgehead atoms. The normalized spacial score (nSPS) is 9.88. The van der Waals surface area contributed by atoms with Gasteiger partial charge in [0.2, 0.25) is 0 Å². The van der Waals surface area contributed by atoms with Crippen LogP contribution >= 0.6 is 0 Å². The average Bonchev–Trinajstić information content (AvgIpc) is 2.82. The number of aromatic nitrogens is 2. The lowest BCUT2D eigenvalue weighted by atomic mass is 10.1. The molecule has 0 saturated carbocycles. The maximum atomic E-state index is 8.99. The molecule has 0 fully saturated rings. The summed E-state index contributed by atoms with van der Waals surface area (Å²) >= 11 is 0. The van der Waals surface area contributed by atoms with Gasteiger partial charge in [-0.1, -0.05) is 6.07 Å². The van der Waals surface area contributed by atoms with Crippen molar-refractivity contribution in [3.8, 4) is 6.07 Å². The van der Waals surface area contributed by atoms with Gasteiger partial charge in [0.25, 0.3) is 0 Å². The number of nitrogens with zero attached hydrogens (tertiary/aromatic N) is 3. The molecule has 0 radical (unpaired) electrons. The third-order valence-electron chi connectivity index (χ3n) is 2.54. The van der Waals surface area contributed by atoms with Crippen LogP contribution in [0.3, 0.4) is 0 Å². The van der Waals surface area contributed by atoms with E-state index in [1.165, 1.54) is 0 Å². The van der Waals surface area contributed by atoms with Crippen molar-refractivity contribution in [2.24, 2.45) is 0 Å². The van der Waals surface area contributed by atoms with Gasteiger partial charge in [0.15, 0.2) is 0 Å². The highest BCUT2D eigenvalue weighted by molar-refractivity contribution is 5.58. The predicted molar refractivity (Wildman–Crippen MR) is 66.6 cm³/mol. The number of hydrogen-bond acceptors (Lipinski definition) is 3. The first kappa shape index (κ1) is 11.2. The summed E-state index contributed by atoms with van der Waals surface area (Å²) in [6.07, 6.45) is 5.46. The van der Waals surface area contributed by atoms with Gasteiger partial charge in [-0.2, -0.15) is 5.26 Å². The molecule has 17 heavy (non-hydrogen) atoms. The van der Waals surface area contributed by atoms with Gasteiger partial charge in [-0.3, -0.25) is 0 Å². The van der Waals surface area contributed by atoms with Gasteiger partial charge in [0, 0.05) is 25.5 Å². The Morgan fingerprint density at radius 2 is 2.35 bits per heavy atom. The van der Waals surface area contributed by atoms with Crippen LogP contribution in [0, 0.1) is 18.3 Å². The summed E-state index contributed by atoms with van der Waals surface area (Å²) in [5.41, 5.74) is 2.72. The van der Waals surface area contributed by atoms with Crippen LogP contribution in [0.2, 0.25) is 0 Å². The lowest BCUT2D eigenvalue weighted by Crippen LogP contribution is -2.10. The topological polar surface area (TPSA) is 53.6 Å². The Bertz CT molecular complexity index is 523. The van der Waals surface area contributed by atoms with Gasteiger partial charge in [-0.05, 0) is 24.6 Å². The molecule has 4 nitrogen and oxygen atoms in total. The van der Waals surface area contributed by atoms with E-state index in [1.54, 1.807) is 12.5 Å². The number of nitrogens with one attached hydrogen (secondary N) is 1. The quantitative estimate of drug-likeness (QED) is 0.869. The van der Waals surface area contributed by atoms with E-state index in [9.17, 15) is 0 Å². The SMILES string of the molecule is Cc1ccc(C#N)c(NCCn2ccnc2)c1. The van der Waals surface area contributed by atoms with Gasteiger partial charge >= 0.3 is 0 Å². The van der Waals surface area contributed by atoms with Crippen molar-refractivity contribution in [1.82, 2.24) is 9.55 Å². The highest BCUT2D eigenvalue weighted by atomic mass is 15.0. The van der Waals surface area contributed by atoms with Crippen LogP contribution in [-0.2, 0) is 6.54 Å². The summed E-state index contributed by atoms with van der Waals surface area (Å²) in [7, 11) is 0. The zero-order valence-electron chi connectivity index (χ0n) is 9.72. The molecule has 1 aromatic carbocycles. The molecule has 0 unspecified atom stereocenters. The Morgan fingerprint density at radius 3 is 3.06 bits per heavy atom. The van der Waals surface area contributed by atoms with Crippen molar-refractivity contribution in [3.05, 3.63) is 48.0 Å². The van der Waals surface area contributed by atoms with Crippen LogP contribution in [0.5, 0.6) is 0 Å². The van der Waals surface area contributed by atoms with E-state index in [-0.39, 0.29) is 0 Å². The minimum atomic E-state index is 0.682. The zero-order valence-corrected chi connectivity index (χ0v) is 9.72. The van der Waals surface area contributed by atoms with E-state index in [0.717, 1.165) is 24.3 Å². The van der Waals surface area contributed by atoms with Crippen molar-refractivity contribution in [2.75, 3.05) is 11.9 Å². The Labute approximate surface area is 101 Å². The Kier molecular flexibility index (Phi) is 3.41. The monoisotopic (exact) mass is 226 g/mol. The smallest absolute Gasteiger partial charge is 0.101 e. The van der Waals surface area contributed by atoms with Gasteiger partial charge in [0.05, 0.1) is 17.6 Å². The Morgan fingerprint density at radius 1 is 1.47 bits per heavy atom. The van der Waals surface area contributed by atoms with E-state index >= 15 is 0 Å². The van der Waals surface area contributed by atoms with Crippen LogP contribution in [0.1, 0.15) is 11.1 Å². The largest absolute Gasteiger partial charge is 0.382 e. The van der Waals surface area contributed by atoms with Crippen molar-refractivity contribution >= 4 is 5.69 Å². The maximum absolute atomic E-state index is 8.99. The Hall–Kier alpha value is -2.28. The maximum Gasteiger partial charge on any atom is 0.101 e. The number of anilines is 1. The second-order valence-electron chi connectivity index (χ2n) is 3.89. The van der Waals surface area contributed by atoms with Gasteiger partial charge in [-0.15, -0.1) is 0 Å². The van der Waals surface area contributed by atoms with Gasteiger partial charge in [0.1, 0.15) is 6.07 Å². The molecule has 86 valence electrons. The van der Waals surface area contributed by atoms with Gasteiger partial charge in [-0.25, -0.2) is 4.98 Å². The minimum Gasteiger partial charge on any atom is -0.382 e. The first-order valence-corrected chi connectivity index (χ1v) is 5.50. The number of aryl methyl sites for hydroxylation is 1. The number of rotatable bonds is 4. The molecule has 0 aliphatic rings. The third-order valence-corrected chi connectivity index (χ3v) is 2.54. The summed E-state index contributed by atoms with van der Waals surface area (Å²) in [4.78, 5) is 3.98. The highest BCUT2D eigenvalue weighted by Crippen LogP contribution is 2.16. The van der Waals surface area contributed by atoms with Gasteiger partial charge < -0.3 is 9.88 Å². The summed E-state index contributed by atoms with van der Waals surface area (Å²) in [6, 6.07) is 7.96. The number of imidazole rings is 1. The minimum absolute atomic E-state index is 0.682. The fourth-order valence-corrected chi connectivity index (χ4v) is 1.64. The fourth-order valence-electron chi connectivity index (χ4n) is 1.64. The van der Waals surface area contributed by atoms with Crippen molar-refractivity contribution in [2.45, 2.75) is 13.5 Å². The van der Waals surface area contributed by atoms with Crippen LogP contribution in [0.25, 0.3) is 0 Å². The molecular formula is C13H14N4. The average molecular weight is 226 g/mol. The van der Waals surface area contributed by atoms with E-state index in [4.69, 9.17) is 5.26 Å². The van der Waals surface area contributed by atoms with Crippen molar-refractivity contribution in [3.63, 3.8) is 0 Å². The summed E-state index contributed by atoms with van der Waals surface area (Å²) in [5.74, 6) is 0. The summed E-state index contributed by atoms with van der Waals surface area (Å²) < 4.78 is 1.99. The van der Waals surface area contributed by atoms with E-state index < -0.39 is 0 Å². The molecule has 0 saturated heterocycles. The highest BCUT2D eigenvalue weighted by Gasteiger charge is 2.01. The molecule has 1 heterocycles. The van der Waals surface area contributed by atoms with E-state index in [1.807, 2.05) is 35.9 Å². The third kappa shape index (κ3) is 2.85. The Balaban J connectivity index is 1.99. The summed E-state index contributed by atoms with van der Waals surface area (Å²) in [5, 5.41) is 12.3. The van der Waals surface area contributed by atoms with Crippen molar-refractivity contribution in [1.29, 1.82) is 5.26 Å². The molecule has 0 atom stereocenters. The summed E-state index contributed by atoms with van der Waals surface area (Å²) in [6.45, 7) is 3.62. The molecule has 0 aliphatic heterocycles. The molecule has 0 amide bonds. The van der Waals surface area contributed by atoms with Crippen molar-refractivity contribution < 1.29 is 0 Å². The van der Waals surface area contributed by atoms with E-state index in [0.29, 0.717) is 5.56 Å². The second kappa shape index (κ2) is 5.17. The lowest BCUT2D eigenvalue weighted by molar-refractivity contribution is 0.727. The fraction of sp³-hybridized carbons (Fsp3) is 0.231. The predicted octanol–water partition coefficient (Wildman–Crippen LogP) is 2.18. The van der Waals surface area contributed by atoms with Crippen LogP contribution in [0.15, 0.2) is 36.9 Å². The zero-order chi connectivity index (χ0) is 12.1. The first-order chi connectivity index (χ1) is 8.29. The standard InChI is InChI=1S/C13H14N4/c1-11-2-3-12(9-14)13(8-11)16-5-7-17-6-4-15-10-17/h2-4,6,8,10,16H,5,7H2,1H3. The molecule has 4 heteroatoms. The molecule has 0 spiro atoms. The first-order valence-electron chi connectivity index (χ1n) is 5.50. The molecular weight excluding hydrogens is 212 g/mol. The second-order valence-corrected chi connectivity index (χ2v) is 3.89. The molecule has 2 aromatic rings. The molecule has 1 aromatic heterocycles. The number of benzene rings is 1. The molecule has 2 rings (SSSR count). The van der Waals surface area contributed by atoms with Crippen LogP contribution in [0.4, 0.5) is 5.69 Å². The van der Waals surface area contributed by atoms with Crippen LogP contribution < -0.4 is 5.32 Å². The molecule has 0 aliphatic carbocycles. The molecule has 1 N–H and O–H groups in total. The number of hydrogen-bond donors (Lipinski definition) is 1. The van der Waals surface area contributed by atoms with Crippen LogP contribution in [-0.4, -0.2) is 16.1 Å².